The summed E-state index contributed by atoms with van der Waals surface area (Å²) in [5.41, 5.74) is 2.61. The predicted molar refractivity (Wildman–Crippen MR) is 91.5 cm³/mol. The zero-order valence-corrected chi connectivity index (χ0v) is 13.6. The monoisotopic (exact) mass is 322 g/mol. The van der Waals surface area contributed by atoms with E-state index in [9.17, 15) is 4.79 Å². The second-order valence-corrected chi connectivity index (χ2v) is 5.05. The molecule has 2 aromatic carbocycles. The van der Waals surface area contributed by atoms with Crippen LogP contribution >= 0.6 is 0 Å². The molecular weight excluding hydrogens is 304 g/mol. The van der Waals surface area contributed by atoms with Crippen LogP contribution in [0, 0.1) is 0 Å². The fourth-order valence-electron chi connectivity index (χ4n) is 2.56. The second-order valence-electron chi connectivity index (χ2n) is 5.05. The maximum absolute atomic E-state index is 12.4. The highest BCUT2D eigenvalue weighted by molar-refractivity contribution is 5.95. The predicted octanol–water partition coefficient (Wildman–Crippen LogP) is 3.72. The van der Waals surface area contributed by atoms with Gasteiger partial charge in [-0.2, -0.15) is 4.98 Å². The Morgan fingerprint density at radius 2 is 1.67 bits per heavy atom. The van der Waals surface area contributed by atoms with E-state index in [0.29, 0.717) is 11.7 Å². The van der Waals surface area contributed by atoms with E-state index >= 15 is 0 Å². The largest absolute Gasteiger partial charge is 0.468 e. The number of hydrogen-bond donors (Lipinski definition) is 0. The van der Waals surface area contributed by atoms with Crippen LogP contribution in [0.25, 0.3) is 16.9 Å². The van der Waals surface area contributed by atoms with Crippen LogP contribution in [-0.4, -0.2) is 29.2 Å². The lowest BCUT2D eigenvalue weighted by Gasteiger charge is -2.11. The minimum Gasteiger partial charge on any atom is -0.468 e. The van der Waals surface area contributed by atoms with E-state index in [-0.39, 0.29) is 12.3 Å². The third-order valence-electron chi connectivity index (χ3n) is 3.56. The van der Waals surface area contributed by atoms with Gasteiger partial charge in [-0.15, -0.1) is 0 Å². The molecule has 0 aliphatic rings. The van der Waals surface area contributed by atoms with Crippen molar-refractivity contribution in [1.82, 2.24) is 9.55 Å². The van der Waals surface area contributed by atoms with Crippen LogP contribution in [0.1, 0.15) is 17.4 Å². The molecule has 0 bridgehead atoms. The van der Waals surface area contributed by atoms with Gasteiger partial charge in [0.15, 0.2) is 5.69 Å². The number of benzene rings is 2. The summed E-state index contributed by atoms with van der Waals surface area (Å²) in [5, 5.41) is 0. The highest BCUT2D eigenvalue weighted by atomic mass is 16.5. The average molecular weight is 322 g/mol. The topological polar surface area (TPSA) is 53.4 Å². The Bertz CT molecular complexity index is 827. The van der Waals surface area contributed by atoms with Crippen LogP contribution < -0.4 is 4.74 Å². The summed E-state index contributed by atoms with van der Waals surface area (Å²) >= 11 is 0. The number of aromatic nitrogens is 2. The average Bonchev–Trinajstić information content (AvgIpc) is 3.03. The molecule has 0 atom stereocenters. The Morgan fingerprint density at radius 3 is 2.25 bits per heavy atom. The molecule has 0 aliphatic heterocycles. The lowest BCUT2D eigenvalue weighted by molar-refractivity contribution is 0.0520. The van der Waals surface area contributed by atoms with Gasteiger partial charge in [0.05, 0.1) is 25.1 Å². The quantitative estimate of drug-likeness (QED) is 0.672. The Balaban J connectivity index is 2.29. The molecule has 0 fully saturated rings. The molecule has 5 nitrogen and oxygen atoms in total. The maximum Gasteiger partial charge on any atom is 0.359 e. The Hall–Kier alpha value is -3.08. The van der Waals surface area contributed by atoms with Crippen molar-refractivity contribution < 1.29 is 14.3 Å². The van der Waals surface area contributed by atoms with Gasteiger partial charge in [0.2, 0.25) is 0 Å². The summed E-state index contributed by atoms with van der Waals surface area (Å²) in [5.74, 6) is -0.468. The summed E-state index contributed by atoms with van der Waals surface area (Å²) < 4.78 is 12.4. The molecule has 0 N–H and O–H groups in total. The minimum absolute atomic E-state index is 0.240. The number of carbonyl (C=O) groups is 1. The Kier molecular flexibility index (Phi) is 4.61. The summed E-state index contributed by atoms with van der Waals surface area (Å²) in [6, 6.07) is 19.6. The van der Waals surface area contributed by atoms with E-state index in [1.165, 1.54) is 7.11 Å². The number of nitrogens with zero attached hydrogens (tertiary/aromatic N) is 2. The van der Waals surface area contributed by atoms with Crippen LogP contribution in [0.3, 0.4) is 0 Å². The number of rotatable bonds is 5. The molecule has 0 saturated heterocycles. The molecule has 122 valence electrons. The van der Waals surface area contributed by atoms with E-state index in [4.69, 9.17) is 9.47 Å². The first-order chi connectivity index (χ1) is 11.8. The molecule has 0 unspecified atom stereocenters. The third kappa shape index (κ3) is 2.88. The molecule has 1 aromatic heterocycles. The van der Waals surface area contributed by atoms with Crippen molar-refractivity contribution in [3.05, 3.63) is 66.4 Å². The fraction of sp³-hybridized carbons (Fsp3) is 0.158. The number of methoxy groups -OCH3 is 1. The van der Waals surface area contributed by atoms with E-state index in [2.05, 4.69) is 4.98 Å². The molecule has 0 spiro atoms. The lowest BCUT2D eigenvalue weighted by atomic mass is 10.1. The summed E-state index contributed by atoms with van der Waals surface area (Å²) in [6.45, 7) is 2.05. The normalized spacial score (nSPS) is 10.4. The number of ether oxygens (including phenoxy) is 2. The highest BCUT2D eigenvalue weighted by Crippen LogP contribution is 2.32. The van der Waals surface area contributed by atoms with Gasteiger partial charge in [0.25, 0.3) is 0 Å². The molecule has 0 amide bonds. The second kappa shape index (κ2) is 7.00. The third-order valence-corrected chi connectivity index (χ3v) is 3.56. The van der Waals surface area contributed by atoms with Crippen molar-refractivity contribution in [2.45, 2.75) is 6.92 Å². The first-order valence-electron chi connectivity index (χ1n) is 7.71. The molecule has 0 aliphatic carbocycles. The summed E-state index contributed by atoms with van der Waals surface area (Å²) in [4.78, 5) is 16.8. The molecule has 3 rings (SSSR count). The Labute approximate surface area is 140 Å². The van der Waals surface area contributed by atoms with Crippen molar-refractivity contribution in [2.75, 3.05) is 13.7 Å². The van der Waals surface area contributed by atoms with Crippen molar-refractivity contribution in [3.63, 3.8) is 0 Å². The van der Waals surface area contributed by atoms with Gasteiger partial charge in [-0.3, -0.25) is 4.57 Å². The minimum atomic E-state index is -0.468. The molecule has 3 aromatic rings. The molecule has 0 radical (unpaired) electrons. The zero-order valence-electron chi connectivity index (χ0n) is 13.6. The lowest BCUT2D eigenvalue weighted by Crippen LogP contribution is -2.08. The van der Waals surface area contributed by atoms with E-state index in [1.807, 2.05) is 65.2 Å². The number of hydrogen-bond acceptors (Lipinski definition) is 4. The number of carbonyl (C=O) groups excluding carboxylic acids is 1. The van der Waals surface area contributed by atoms with Crippen LogP contribution in [0.2, 0.25) is 0 Å². The van der Waals surface area contributed by atoms with Crippen LogP contribution in [0.4, 0.5) is 0 Å². The van der Waals surface area contributed by atoms with Crippen LogP contribution in [0.15, 0.2) is 60.7 Å². The molecule has 5 heteroatoms. The first kappa shape index (κ1) is 15.8. The highest BCUT2D eigenvalue weighted by Gasteiger charge is 2.26. The van der Waals surface area contributed by atoms with E-state index in [1.54, 1.807) is 6.92 Å². The summed E-state index contributed by atoms with van der Waals surface area (Å²) in [7, 11) is 1.53. The van der Waals surface area contributed by atoms with Gasteiger partial charge in [0.1, 0.15) is 0 Å². The SMILES string of the molecule is CCOC(=O)c1nc(OC)n(-c2ccccc2)c1-c1ccccc1. The maximum atomic E-state index is 12.4. The summed E-state index contributed by atoms with van der Waals surface area (Å²) in [6.07, 6.45) is 0. The van der Waals surface area contributed by atoms with E-state index in [0.717, 1.165) is 11.3 Å². The molecule has 24 heavy (non-hydrogen) atoms. The number of para-hydroxylation sites is 1. The van der Waals surface area contributed by atoms with Crippen LogP contribution in [-0.2, 0) is 4.74 Å². The van der Waals surface area contributed by atoms with Gasteiger partial charge in [-0.05, 0) is 19.1 Å². The standard InChI is InChI=1S/C19H18N2O3/c1-3-24-18(22)16-17(14-10-6-4-7-11-14)21(19(20-16)23-2)15-12-8-5-9-13-15/h4-13H,3H2,1-2H3. The van der Waals surface area contributed by atoms with Crippen molar-refractivity contribution in [2.24, 2.45) is 0 Å². The molecule has 1 heterocycles. The van der Waals surface area contributed by atoms with Gasteiger partial charge >= 0.3 is 12.0 Å². The van der Waals surface area contributed by atoms with Crippen molar-refractivity contribution in [3.8, 4) is 23.0 Å². The van der Waals surface area contributed by atoms with Gasteiger partial charge in [0, 0.05) is 5.56 Å². The van der Waals surface area contributed by atoms with Crippen molar-refractivity contribution >= 4 is 5.97 Å². The van der Waals surface area contributed by atoms with E-state index < -0.39 is 5.97 Å². The van der Waals surface area contributed by atoms with Gasteiger partial charge in [-0.1, -0.05) is 48.5 Å². The molecule has 0 saturated carbocycles. The van der Waals surface area contributed by atoms with Crippen LogP contribution in [0.5, 0.6) is 6.01 Å². The van der Waals surface area contributed by atoms with Crippen molar-refractivity contribution in [1.29, 1.82) is 0 Å². The first-order valence-corrected chi connectivity index (χ1v) is 7.71. The smallest absolute Gasteiger partial charge is 0.359 e. The Morgan fingerprint density at radius 1 is 1.04 bits per heavy atom. The van der Waals surface area contributed by atoms with Gasteiger partial charge < -0.3 is 9.47 Å². The number of imidazole rings is 1. The number of esters is 1. The van der Waals surface area contributed by atoms with Gasteiger partial charge in [-0.25, -0.2) is 4.79 Å². The fourth-order valence-corrected chi connectivity index (χ4v) is 2.56. The zero-order chi connectivity index (χ0) is 16.9. The molecular formula is C19H18N2O3.